The predicted molar refractivity (Wildman–Crippen MR) is 89.6 cm³/mol. The van der Waals surface area contributed by atoms with Crippen LogP contribution in [0.2, 0.25) is 0 Å². The van der Waals surface area contributed by atoms with Crippen molar-refractivity contribution < 1.29 is 14.3 Å². The fourth-order valence-corrected chi connectivity index (χ4v) is 4.79. The Morgan fingerprint density at radius 2 is 2.27 bits per heavy atom. The number of aromatic nitrogens is 1. The summed E-state index contributed by atoms with van der Waals surface area (Å²) in [6, 6.07) is 1.99. The number of esters is 1. The predicted octanol–water partition coefficient (Wildman–Crippen LogP) is 2.60. The molecule has 0 radical (unpaired) electrons. The van der Waals surface area contributed by atoms with Gasteiger partial charge in [0.2, 0.25) is 0 Å². The van der Waals surface area contributed by atoms with Gasteiger partial charge < -0.3 is 9.64 Å². The quantitative estimate of drug-likeness (QED) is 0.793. The molecule has 0 aromatic carbocycles. The summed E-state index contributed by atoms with van der Waals surface area (Å²) in [5.41, 5.74) is 1.48. The highest BCUT2D eigenvalue weighted by Gasteiger charge is 2.31. The molecule has 0 bridgehead atoms. The van der Waals surface area contributed by atoms with E-state index in [1.807, 2.05) is 16.8 Å². The summed E-state index contributed by atoms with van der Waals surface area (Å²) < 4.78 is 4.77. The van der Waals surface area contributed by atoms with Gasteiger partial charge in [-0.05, 0) is 11.4 Å². The number of carbonyl (C=O) groups is 2. The summed E-state index contributed by atoms with van der Waals surface area (Å²) >= 11 is 4.60. The van der Waals surface area contributed by atoms with Gasteiger partial charge in [0.15, 0.2) is 0 Å². The van der Waals surface area contributed by atoms with E-state index < -0.39 is 0 Å². The smallest absolute Gasteiger partial charge is 0.320 e. The molecule has 5 nitrogen and oxygen atoms in total. The van der Waals surface area contributed by atoms with E-state index in [4.69, 9.17) is 4.74 Å². The summed E-state index contributed by atoms with van der Waals surface area (Å²) in [6.45, 7) is 1.00. The molecule has 0 saturated carbocycles. The minimum Gasteiger partial charge on any atom is -0.468 e. The molecule has 0 unspecified atom stereocenters. The first-order valence-electron chi connectivity index (χ1n) is 6.66. The SMILES string of the molecule is COC(=O)[C@H]1CN(C(=O)c2csc(-c3ccsc3)n2)CCS1. The third-order valence-corrected chi connectivity index (χ3v) is 6.05. The van der Waals surface area contributed by atoms with Crippen LogP contribution in [-0.2, 0) is 9.53 Å². The summed E-state index contributed by atoms with van der Waals surface area (Å²) in [5.74, 6) is 0.333. The normalized spacial score (nSPS) is 18.2. The minimum absolute atomic E-state index is 0.119. The highest BCUT2D eigenvalue weighted by atomic mass is 32.2. The number of thioether (sulfide) groups is 1. The van der Waals surface area contributed by atoms with Gasteiger partial charge in [-0.1, -0.05) is 0 Å². The summed E-state index contributed by atoms with van der Waals surface area (Å²) in [7, 11) is 1.37. The molecule has 1 fully saturated rings. The first-order valence-corrected chi connectivity index (χ1v) is 9.53. The topological polar surface area (TPSA) is 59.5 Å². The molecule has 116 valence electrons. The Labute approximate surface area is 140 Å². The number of hydrogen-bond acceptors (Lipinski definition) is 7. The molecule has 8 heteroatoms. The van der Waals surface area contributed by atoms with Crippen molar-refractivity contribution in [2.45, 2.75) is 5.25 Å². The second-order valence-corrected chi connectivity index (χ2v) is 7.63. The van der Waals surface area contributed by atoms with Crippen LogP contribution < -0.4 is 0 Å². The highest BCUT2D eigenvalue weighted by Crippen LogP contribution is 2.27. The van der Waals surface area contributed by atoms with E-state index in [2.05, 4.69) is 4.98 Å². The molecule has 0 aliphatic carbocycles. The molecule has 3 heterocycles. The Morgan fingerprint density at radius 3 is 3.00 bits per heavy atom. The number of nitrogens with zero attached hydrogens (tertiary/aromatic N) is 2. The summed E-state index contributed by atoms with van der Waals surface area (Å²) in [4.78, 5) is 30.3. The third kappa shape index (κ3) is 3.18. The molecular formula is C14H14N2O3S3. The fourth-order valence-electron chi connectivity index (χ4n) is 2.16. The van der Waals surface area contributed by atoms with Crippen molar-refractivity contribution >= 4 is 46.3 Å². The molecule has 0 N–H and O–H groups in total. The average molecular weight is 354 g/mol. The maximum Gasteiger partial charge on any atom is 0.320 e. The molecule has 1 atom stereocenters. The average Bonchev–Trinajstić information content (AvgIpc) is 3.24. The maximum absolute atomic E-state index is 12.6. The molecule has 22 heavy (non-hydrogen) atoms. The zero-order valence-electron chi connectivity index (χ0n) is 11.9. The van der Waals surface area contributed by atoms with Gasteiger partial charge in [0.1, 0.15) is 16.0 Å². The summed E-state index contributed by atoms with van der Waals surface area (Å²) in [5, 5.41) is 6.32. The lowest BCUT2D eigenvalue weighted by molar-refractivity contribution is -0.140. The van der Waals surface area contributed by atoms with E-state index in [-0.39, 0.29) is 17.1 Å². The first kappa shape index (κ1) is 15.5. The lowest BCUT2D eigenvalue weighted by atomic mass is 10.3. The molecule has 1 saturated heterocycles. The lowest BCUT2D eigenvalue weighted by Gasteiger charge is -2.30. The number of amides is 1. The van der Waals surface area contributed by atoms with Gasteiger partial charge in [-0.2, -0.15) is 11.3 Å². The number of carbonyl (C=O) groups excluding carboxylic acids is 2. The van der Waals surface area contributed by atoms with Crippen LogP contribution >= 0.6 is 34.4 Å². The standard InChI is InChI=1S/C14H14N2O3S3/c1-19-14(18)11-6-16(3-5-21-11)13(17)10-8-22-12(15-10)9-2-4-20-7-9/h2,4,7-8,11H,3,5-6H2,1H3/t11-/m1/s1. The van der Waals surface area contributed by atoms with Gasteiger partial charge in [-0.3, -0.25) is 9.59 Å². The van der Waals surface area contributed by atoms with Crippen molar-refractivity contribution in [1.82, 2.24) is 9.88 Å². The molecule has 1 aliphatic rings. The van der Waals surface area contributed by atoms with E-state index in [9.17, 15) is 9.59 Å². The fraction of sp³-hybridized carbons (Fsp3) is 0.357. The van der Waals surface area contributed by atoms with Gasteiger partial charge >= 0.3 is 5.97 Å². The van der Waals surface area contributed by atoms with Crippen LogP contribution in [0, 0.1) is 0 Å². The zero-order chi connectivity index (χ0) is 15.5. The van der Waals surface area contributed by atoms with Gasteiger partial charge in [0.25, 0.3) is 5.91 Å². The van der Waals surface area contributed by atoms with Gasteiger partial charge in [0.05, 0.1) is 7.11 Å². The number of thiophene rings is 1. The van der Waals surface area contributed by atoms with E-state index >= 15 is 0 Å². The Morgan fingerprint density at radius 1 is 1.41 bits per heavy atom. The van der Waals surface area contributed by atoms with Crippen molar-refractivity contribution in [2.24, 2.45) is 0 Å². The molecule has 2 aromatic heterocycles. The van der Waals surface area contributed by atoms with Crippen molar-refractivity contribution in [1.29, 1.82) is 0 Å². The van der Waals surface area contributed by atoms with Crippen molar-refractivity contribution in [3.63, 3.8) is 0 Å². The van der Waals surface area contributed by atoms with Crippen LogP contribution in [0.25, 0.3) is 10.6 Å². The Balaban J connectivity index is 1.72. The molecule has 3 rings (SSSR count). The summed E-state index contributed by atoms with van der Waals surface area (Å²) in [6.07, 6.45) is 0. The lowest BCUT2D eigenvalue weighted by Crippen LogP contribution is -2.45. The second-order valence-electron chi connectivity index (χ2n) is 4.68. The van der Waals surface area contributed by atoms with E-state index in [1.54, 1.807) is 21.6 Å². The van der Waals surface area contributed by atoms with Crippen LogP contribution in [0.5, 0.6) is 0 Å². The number of methoxy groups -OCH3 is 1. The van der Waals surface area contributed by atoms with Gasteiger partial charge in [-0.15, -0.1) is 23.1 Å². The van der Waals surface area contributed by atoms with E-state index in [1.165, 1.54) is 30.2 Å². The number of rotatable bonds is 3. The Bertz CT molecular complexity index is 669. The van der Waals surface area contributed by atoms with E-state index in [0.29, 0.717) is 18.8 Å². The van der Waals surface area contributed by atoms with Crippen molar-refractivity contribution in [2.75, 3.05) is 26.0 Å². The number of ether oxygens (including phenoxy) is 1. The molecular weight excluding hydrogens is 340 g/mol. The van der Waals surface area contributed by atoms with Crippen LogP contribution in [0.1, 0.15) is 10.5 Å². The van der Waals surface area contributed by atoms with Gasteiger partial charge in [0, 0.05) is 35.2 Å². The number of hydrogen-bond donors (Lipinski definition) is 0. The molecule has 1 amide bonds. The van der Waals surface area contributed by atoms with E-state index in [0.717, 1.165) is 16.3 Å². The maximum atomic E-state index is 12.6. The third-order valence-electron chi connectivity index (χ3n) is 3.31. The van der Waals surface area contributed by atoms with Crippen LogP contribution in [0.15, 0.2) is 22.2 Å². The molecule has 2 aromatic rings. The number of thiazole rings is 1. The first-order chi connectivity index (χ1) is 10.7. The Hall–Kier alpha value is -1.38. The van der Waals surface area contributed by atoms with Crippen molar-refractivity contribution in [3.8, 4) is 10.6 Å². The molecule has 1 aliphatic heterocycles. The largest absolute Gasteiger partial charge is 0.468 e. The monoisotopic (exact) mass is 354 g/mol. The Kier molecular flexibility index (Phi) is 4.80. The minimum atomic E-state index is -0.308. The zero-order valence-corrected chi connectivity index (χ0v) is 14.3. The van der Waals surface area contributed by atoms with Crippen molar-refractivity contribution in [3.05, 3.63) is 27.9 Å². The van der Waals surface area contributed by atoms with Gasteiger partial charge in [-0.25, -0.2) is 4.98 Å². The highest BCUT2D eigenvalue weighted by molar-refractivity contribution is 8.00. The molecule has 0 spiro atoms. The second kappa shape index (κ2) is 6.80. The van der Waals surface area contributed by atoms with Crippen LogP contribution in [0.3, 0.4) is 0 Å². The van der Waals surface area contributed by atoms with Crippen LogP contribution in [0.4, 0.5) is 0 Å². The van der Waals surface area contributed by atoms with Crippen LogP contribution in [-0.4, -0.2) is 53.0 Å².